The summed E-state index contributed by atoms with van der Waals surface area (Å²) in [6, 6.07) is 20.5. The summed E-state index contributed by atoms with van der Waals surface area (Å²) in [6.07, 6.45) is 5.67. The van der Waals surface area contributed by atoms with Crippen molar-refractivity contribution in [2.75, 3.05) is 5.75 Å². The molecule has 1 aliphatic carbocycles. The first-order valence-corrected chi connectivity index (χ1v) is 12.5. The number of thioether (sulfide) groups is 1. The minimum atomic E-state index is -1.04. The van der Waals surface area contributed by atoms with Crippen LogP contribution < -0.4 is 34.7 Å². The molecule has 0 saturated carbocycles. The van der Waals surface area contributed by atoms with Crippen LogP contribution in [0.4, 0.5) is 8.78 Å². The Morgan fingerprint density at radius 2 is 1.69 bits per heavy atom. The van der Waals surface area contributed by atoms with Gasteiger partial charge in [0.15, 0.2) is 11.6 Å². The van der Waals surface area contributed by atoms with Gasteiger partial charge in [0.1, 0.15) is 0 Å². The van der Waals surface area contributed by atoms with Crippen molar-refractivity contribution in [2.24, 2.45) is 0 Å². The molecule has 1 aliphatic rings. The fourth-order valence-electron chi connectivity index (χ4n) is 4.49. The number of halogens is 2. The van der Waals surface area contributed by atoms with E-state index in [4.69, 9.17) is 0 Å². The van der Waals surface area contributed by atoms with Crippen LogP contribution in [-0.4, -0.2) is 16.7 Å². The molecule has 36 heavy (non-hydrogen) atoms. The first kappa shape index (κ1) is 26.6. The number of aryl methyl sites for hydroxylation is 2. The number of carboxylic acid groups (broad SMARTS) is 1. The number of aliphatic carboxylic acids is 1. The van der Waals surface area contributed by atoms with E-state index in [9.17, 15) is 18.7 Å². The molecular formula is C29H22F2NNaO2S. The van der Waals surface area contributed by atoms with Gasteiger partial charge in [-0.3, -0.25) is 0 Å². The summed E-state index contributed by atoms with van der Waals surface area (Å²) in [5.74, 6) is -2.37. The van der Waals surface area contributed by atoms with E-state index in [1.165, 1.54) is 22.3 Å². The average Bonchev–Trinajstić information content (AvgIpc) is 3.00. The zero-order valence-corrected chi connectivity index (χ0v) is 22.7. The van der Waals surface area contributed by atoms with E-state index in [2.05, 4.69) is 35.3 Å². The van der Waals surface area contributed by atoms with Gasteiger partial charge in [-0.2, -0.15) is 0 Å². The number of rotatable bonds is 6. The van der Waals surface area contributed by atoms with Crippen LogP contribution in [0.1, 0.15) is 45.2 Å². The molecule has 0 saturated heterocycles. The number of nitrogens with zero attached hydrogens (tertiary/aromatic N) is 1. The fraction of sp³-hybridized carbons (Fsp3) is 0.172. The number of aromatic nitrogens is 1. The van der Waals surface area contributed by atoms with Gasteiger partial charge >= 0.3 is 29.6 Å². The second kappa shape index (κ2) is 11.7. The fourth-order valence-corrected chi connectivity index (χ4v) is 5.82. The number of carbonyl (C=O) groups excluding carboxylic acids is 1. The Hall–Kier alpha value is -2.51. The minimum Gasteiger partial charge on any atom is -0.550 e. The molecule has 0 spiro atoms. The molecule has 1 atom stereocenters. The van der Waals surface area contributed by atoms with Crippen molar-refractivity contribution in [3.05, 3.63) is 112 Å². The summed E-state index contributed by atoms with van der Waals surface area (Å²) in [5.41, 5.74) is 6.98. The van der Waals surface area contributed by atoms with Gasteiger partial charge in [0.25, 0.3) is 0 Å². The van der Waals surface area contributed by atoms with E-state index in [0.717, 1.165) is 30.5 Å². The van der Waals surface area contributed by atoms with Crippen LogP contribution in [0.15, 0.2) is 66.7 Å². The van der Waals surface area contributed by atoms with E-state index < -0.39 is 17.6 Å². The molecule has 1 heterocycles. The first-order chi connectivity index (χ1) is 17.0. The Labute approximate surface area is 234 Å². The van der Waals surface area contributed by atoms with Gasteiger partial charge in [-0.25, -0.2) is 13.8 Å². The maximum absolute atomic E-state index is 13.6. The molecule has 0 radical (unpaired) electrons. The maximum Gasteiger partial charge on any atom is 1.00 e. The quantitative estimate of drug-likeness (QED) is 0.375. The Morgan fingerprint density at radius 1 is 0.944 bits per heavy atom. The third-order valence-electron chi connectivity index (χ3n) is 6.24. The van der Waals surface area contributed by atoms with E-state index in [-0.39, 0.29) is 41.2 Å². The van der Waals surface area contributed by atoms with Crippen LogP contribution in [0, 0.1) is 11.6 Å². The second-order valence-electron chi connectivity index (χ2n) is 8.56. The first-order valence-electron chi connectivity index (χ1n) is 11.4. The normalized spacial score (nSPS) is 14.7. The summed E-state index contributed by atoms with van der Waals surface area (Å²) < 4.78 is 27.1. The molecule has 0 amide bonds. The van der Waals surface area contributed by atoms with Crippen molar-refractivity contribution in [1.82, 2.24) is 4.98 Å². The average molecular weight is 510 g/mol. The molecule has 1 unspecified atom stereocenters. The largest absolute Gasteiger partial charge is 1.00 e. The molecule has 0 fully saturated rings. The van der Waals surface area contributed by atoms with Crippen molar-refractivity contribution in [1.29, 1.82) is 0 Å². The van der Waals surface area contributed by atoms with Gasteiger partial charge in [-0.05, 0) is 71.0 Å². The minimum absolute atomic E-state index is 0. The van der Waals surface area contributed by atoms with E-state index in [1.807, 2.05) is 24.3 Å². The van der Waals surface area contributed by atoms with Gasteiger partial charge in [0.2, 0.25) is 0 Å². The van der Waals surface area contributed by atoms with E-state index in [1.54, 1.807) is 23.9 Å². The van der Waals surface area contributed by atoms with Crippen LogP contribution in [0.2, 0.25) is 0 Å². The number of carbonyl (C=O) groups is 1. The van der Waals surface area contributed by atoms with Crippen molar-refractivity contribution in [3.63, 3.8) is 0 Å². The van der Waals surface area contributed by atoms with Gasteiger partial charge in [-0.1, -0.05) is 54.6 Å². The predicted molar refractivity (Wildman–Crippen MR) is 135 cm³/mol. The molecule has 0 N–H and O–H groups in total. The molecule has 3 nitrogen and oxygen atoms in total. The van der Waals surface area contributed by atoms with Gasteiger partial charge < -0.3 is 9.90 Å². The van der Waals surface area contributed by atoms with Crippen molar-refractivity contribution in [3.8, 4) is 0 Å². The summed E-state index contributed by atoms with van der Waals surface area (Å²) >= 11 is 1.63. The maximum atomic E-state index is 13.6. The standard InChI is InChI=1S/C29H23F2NO2S.Na/c30-25-16-21-10-12-22(32-27(21)17-26(25)31)11-6-18-5-7-20-9-8-19-3-1-2-4-23(19)29(24(20)15-18)35-14-13-28(33)34;/h1-7,10-12,15-17,29H,8-9,13-14H2,(H,33,34);/q;+1/p-1/b11-6+;. The topological polar surface area (TPSA) is 53.0 Å². The summed E-state index contributed by atoms with van der Waals surface area (Å²) in [5, 5.41) is 11.6. The van der Waals surface area contributed by atoms with Crippen LogP contribution in [0.5, 0.6) is 0 Å². The van der Waals surface area contributed by atoms with Crippen LogP contribution >= 0.6 is 11.8 Å². The number of hydrogen-bond donors (Lipinski definition) is 0. The Morgan fingerprint density at radius 3 is 2.50 bits per heavy atom. The second-order valence-corrected chi connectivity index (χ2v) is 9.77. The van der Waals surface area contributed by atoms with Gasteiger partial charge in [-0.15, -0.1) is 11.8 Å². The summed E-state index contributed by atoms with van der Waals surface area (Å²) in [7, 11) is 0. The molecule has 0 bridgehead atoms. The van der Waals surface area contributed by atoms with Crippen LogP contribution in [-0.2, 0) is 17.6 Å². The molecule has 3 aromatic carbocycles. The smallest absolute Gasteiger partial charge is 0.550 e. The third kappa shape index (κ3) is 5.89. The van der Waals surface area contributed by atoms with Crippen molar-refractivity contribution >= 4 is 40.8 Å². The molecule has 4 aromatic rings. The third-order valence-corrected chi connectivity index (χ3v) is 7.52. The van der Waals surface area contributed by atoms with Crippen LogP contribution in [0.3, 0.4) is 0 Å². The molecular weight excluding hydrogens is 487 g/mol. The molecule has 5 rings (SSSR count). The summed E-state index contributed by atoms with van der Waals surface area (Å²) in [4.78, 5) is 15.4. The Kier molecular flexibility index (Phi) is 8.62. The predicted octanol–water partition coefficient (Wildman–Crippen LogP) is 2.75. The Bertz CT molecular complexity index is 1460. The SMILES string of the molecule is O=C([O-])CCSC1c2ccccc2CCc2ccc(/C=C/c3ccc4cc(F)c(F)cc4n3)cc21.[Na+]. The van der Waals surface area contributed by atoms with Gasteiger partial charge in [0.05, 0.1) is 16.5 Å². The number of pyridine rings is 1. The van der Waals surface area contributed by atoms with Gasteiger partial charge in [0, 0.05) is 17.4 Å². The number of benzene rings is 3. The van der Waals surface area contributed by atoms with Crippen LogP contribution in [0.25, 0.3) is 23.1 Å². The molecule has 0 aliphatic heterocycles. The zero-order valence-electron chi connectivity index (χ0n) is 19.8. The van der Waals surface area contributed by atoms with Crippen molar-refractivity contribution < 1.29 is 48.2 Å². The molecule has 1 aromatic heterocycles. The molecule has 7 heteroatoms. The monoisotopic (exact) mass is 509 g/mol. The molecule has 176 valence electrons. The zero-order chi connectivity index (χ0) is 24.4. The summed E-state index contributed by atoms with van der Waals surface area (Å²) in [6.45, 7) is 0. The Balaban J connectivity index is 0.00000304. The van der Waals surface area contributed by atoms with E-state index in [0.29, 0.717) is 22.3 Å². The number of fused-ring (bicyclic) bond motifs is 3. The van der Waals surface area contributed by atoms with Crippen molar-refractivity contribution in [2.45, 2.75) is 24.5 Å². The number of carboxylic acids is 1. The number of hydrogen-bond acceptors (Lipinski definition) is 4. The van der Waals surface area contributed by atoms with E-state index >= 15 is 0 Å².